The molecule has 5 N–H and O–H groups in total. The van der Waals surface area contributed by atoms with Gasteiger partial charge in [-0.05, 0) is 43.7 Å². The number of nitrogens with two attached hydrogens (primary N) is 1. The van der Waals surface area contributed by atoms with Crippen LogP contribution in [0.15, 0.2) is 24.3 Å². The molecule has 0 bridgehead atoms. The molecule has 1 saturated heterocycles. The summed E-state index contributed by atoms with van der Waals surface area (Å²) in [5, 5.41) is 10.1. The average molecular weight is 360 g/mol. The number of rotatable bonds is 5. The first kappa shape index (κ1) is 17.5. The Morgan fingerprint density at radius 1 is 1.36 bits per heavy atom. The molecule has 0 aliphatic carbocycles. The van der Waals surface area contributed by atoms with Crippen LogP contribution in [0.5, 0.6) is 0 Å². The highest BCUT2D eigenvalue weighted by atomic mass is 32.1. The van der Waals surface area contributed by atoms with E-state index in [2.05, 4.69) is 20.9 Å². The number of benzene rings is 1. The molecule has 1 unspecified atom stereocenters. The minimum absolute atomic E-state index is 0.151. The van der Waals surface area contributed by atoms with Gasteiger partial charge < -0.3 is 26.6 Å². The Morgan fingerprint density at radius 2 is 2.12 bits per heavy atom. The van der Waals surface area contributed by atoms with Gasteiger partial charge in [0.2, 0.25) is 0 Å². The molecule has 1 aromatic carbocycles. The highest BCUT2D eigenvalue weighted by Gasteiger charge is 2.21. The second kappa shape index (κ2) is 7.71. The minimum atomic E-state index is -0.153. The summed E-state index contributed by atoms with van der Waals surface area (Å²) in [4.78, 5) is 19.2. The Bertz CT molecular complexity index is 721. The molecule has 8 heteroatoms. The number of carbonyl (C=O) groups is 1. The molecule has 2 heterocycles. The fourth-order valence-electron chi connectivity index (χ4n) is 2.74. The number of nitrogens with zero attached hydrogens (tertiary/aromatic N) is 2. The van der Waals surface area contributed by atoms with Crippen molar-refractivity contribution >= 4 is 39.6 Å². The monoisotopic (exact) mass is 360 g/mol. The number of anilines is 4. The number of carbonyl (C=O) groups excluding carboxylic acids is 1. The van der Waals surface area contributed by atoms with Crippen molar-refractivity contribution in [2.45, 2.75) is 18.9 Å². The van der Waals surface area contributed by atoms with Gasteiger partial charge >= 0.3 is 0 Å². The van der Waals surface area contributed by atoms with E-state index in [0.717, 1.165) is 37.3 Å². The van der Waals surface area contributed by atoms with Crippen LogP contribution in [0.4, 0.5) is 22.3 Å². The fourth-order valence-corrected chi connectivity index (χ4v) is 3.55. The lowest BCUT2D eigenvalue weighted by Gasteiger charge is -2.23. The Balaban J connectivity index is 1.65. The zero-order chi connectivity index (χ0) is 17.8. The van der Waals surface area contributed by atoms with Crippen LogP contribution in [-0.4, -0.2) is 44.1 Å². The molecule has 3 rings (SSSR count). The predicted octanol–water partition coefficient (Wildman–Crippen LogP) is 2.02. The van der Waals surface area contributed by atoms with Gasteiger partial charge in [0.05, 0.1) is 0 Å². The van der Waals surface area contributed by atoms with Crippen LogP contribution in [-0.2, 0) is 0 Å². The van der Waals surface area contributed by atoms with Crippen LogP contribution < -0.4 is 26.6 Å². The molecule has 0 spiro atoms. The quantitative estimate of drug-likeness (QED) is 0.652. The van der Waals surface area contributed by atoms with E-state index in [-0.39, 0.29) is 17.8 Å². The first-order valence-corrected chi connectivity index (χ1v) is 9.17. The first-order valence-electron chi connectivity index (χ1n) is 8.35. The number of nitrogen functional groups attached to an aromatic ring is 1. The first-order chi connectivity index (χ1) is 12.0. The topological polar surface area (TPSA) is 95.3 Å². The van der Waals surface area contributed by atoms with E-state index in [1.165, 1.54) is 11.3 Å². The summed E-state index contributed by atoms with van der Waals surface area (Å²) >= 11 is 1.27. The van der Waals surface area contributed by atoms with E-state index in [1.54, 1.807) is 0 Å². The van der Waals surface area contributed by atoms with Gasteiger partial charge in [0.15, 0.2) is 5.13 Å². The van der Waals surface area contributed by atoms with Gasteiger partial charge in [0.1, 0.15) is 10.7 Å². The summed E-state index contributed by atoms with van der Waals surface area (Å²) in [5.74, 6) is 0.110. The predicted molar refractivity (Wildman–Crippen MR) is 104 cm³/mol. The Morgan fingerprint density at radius 3 is 2.76 bits per heavy atom. The SMILES string of the molecule is CN(C)c1ccc(Nc2nc(N)c(C(=O)NC3CCCNC3)s2)cc1. The molecule has 7 nitrogen and oxygen atoms in total. The van der Waals surface area contributed by atoms with Gasteiger partial charge in [-0.3, -0.25) is 4.79 Å². The third-order valence-corrected chi connectivity index (χ3v) is 5.11. The minimum Gasteiger partial charge on any atom is -0.382 e. The molecule has 134 valence electrons. The van der Waals surface area contributed by atoms with Crippen molar-refractivity contribution in [3.8, 4) is 0 Å². The summed E-state index contributed by atoms with van der Waals surface area (Å²) in [6.07, 6.45) is 2.06. The Kier molecular flexibility index (Phi) is 5.40. The normalized spacial score (nSPS) is 17.1. The third kappa shape index (κ3) is 4.40. The van der Waals surface area contributed by atoms with Crippen LogP contribution in [0.1, 0.15) is 22.5 Å². The number of aromatic nitrogens is 1. The highest BCUT2D eigenvalue weighted by molar-refractivity contribution is 7.18. The van der Waals surface area contributed by atoms with Crippen molar-refractivity contribution in [3.63, 3.8) is 0 Å². The molecule has 1 aromatic heterocycles. The van der Waals surface area contributed by atoms with Gasteiger partial charge in [0, 0.05) is 38.1 Å². The maximum Gasteiger partial charge on any atom is 0.265 e. The lowest BCUT2D eigenvalue weighted by Crippen LogP contribution is -2.45. The number of hydrogen-bond donors (Lipinski definition) is 4. The largest absolute Gasteiger partial charge is 0.382 e. The number of amides is 1. The van der Waals surface area contributed by atoms with E-state index in [0.29, 0.717) is 10.0 Å². The number of hydrogen-bond acceptors (Lipinski definition) is 7. The van der Waals surface area contributed by atoms with Crippen LogP contribution in [0.2, 0.25) is 0 Å². The van der Waals surface area contributed by atoms with Gasteiger partial charge in [-0.2, -0.15) is 0 Å². The second-order valence-corrected chi connectivity index (χ2v) is 7.32. The molecule has 1 amide bonds. The van der Waals surface area contributed by atoms with E-state index in [4.69, 9.17) is 5.73 Å². The number of thiazole rings is 1. The maximum atomic E-state index is 12.4. The van der Waals surface area contributed by atoms with E-state index in [9.17, 15) is 4.79 Å². The van der Waals surface area contributed by atoms with Crippen LogP contribution >= 0.6 is 11.3 Å². The summed E-state index contributed by atoms with van der Waals surface area (Å²) in [7, 11) is 3.99. The molecule has 25 heavy (non-hydrogen) atoms. The zero-order valence-corrected chi connectivity index (χ0v) is 15.3. The van der Waals surface area contributed by atoms with Crippen LogP contribution in [0.3, 0.4) is 0 Å². The molecule has 1 atom stereocenters. The van der Waals surface area contributed by atoms with Gasteiger partial charge in [-0.1, -0.05) is 11.3 Å². The van der Waals surface area contributed by atoms with Crippen molar-refractivity contribution < 1.29 is 4.79 Å². The van der Waals surface area contributed by atoms with Crippen molar-refractivity contribution in [2.24, 2.45) is 0 Å². The van der Waals surface area contributed by atoms with Crippen molar-refractivity contribution in [2.75, 3.05) is 43.1 Å². The van der Waals surface area contributed by atoms with Gasteiger partial charge in [-0.25, -0.2) is 4.98 Å². The summed E-state index contributed by atoms with van der Waals surface area (Å²) in [6.45, 7) is 1.81. The molecular formula is C17H24N6OS. The molecule has 0 radical (unpaired) electrons. The molecule has 0 saturated carbocycles. The zero-order valence-electron chi connectivity index (χ0n) is 14.5. The van der Waals surface area contributed by atoms with E-state index in [1.807, 2.05) is 43.3 Å². The maximum absolute atomic E-state index is 12.4. The van der Waals surface area contributed by atoms with E-state index >= 15 is 0 Å². The number of piperidine rings is 1. The fraction of sp³-hybridized carbons (Fsp3) is 0.412. The van der Waals surface area contributed by atoms with Crippen LogP contribution in [0, 0.1) is 0 Å². The van der Waals surface area contributed by atoms with Crippen molar-refractivity contribution in [1.29, 1.82) is 0 Å². The average Bonchev–Trinajstić information content (AvgIpc) is 2.96. The summed E-state index contributed by atoms with van der Waals surface area (Å²) in [6, 6.07) is 8.13. The van der Waals surface area contributed by atoms with Gasteiger partial charge in [-0.15, -0.1) is 0 Å². The highest BCUT2D eigenvalue weighted by Crippen LogP contribution is 2.28. The molecular weight excluding hydrogens is 336 g/mol. The van der Waals surface area contributed by atoms with Crippen molar-refractivity contribution in [1.82, 2.24) is 15.6 Å². The molecule has 1 aliphatic rings. The lowest BCUT2D eigenvalue weighted by molar-refractivity contribution is 0.0935. The molecule has 2 aromatic rings. The third-order valence-electron chi connectivity index (χ3n) is 4.13. The summed E-state index contributed by atoms with van der Waals surface area (Å²) in [5.41, 5.74) is 7.96. The molecule has 1 aliphatic heterocycles. The van der Waals surface area contributed by atoms with Crippen molar-refractivity contribution in [3.05, 3.63) is 29.1 Å². The van der Waals surface area contributed by atoms with Crippen LogP contribution in [0.25, 0.3) is 0 Å². The molecule has 1 fully saturated rings. The standard InChI is InChI=1S/C17H24N6OS/c1-23(2)13-7-5-11(6-8-13)21-17-22-15(18)14(25-17)16(24)20-12-4-3-9-19-10-12/h5-8,12,19H,3-4,9-10,18H2,1-2H3,(H,20,24)(H,21,22). The smallest absolute Gasteiger partial charge is 0.265 e. The Hall–Kier alpha value is -2.32. The van der Waals surface area contributed by atoms with Gasteiger partial charge in [0.25, 0.3) is 5.91 Å². The Labute approximate surface area is 151 Å². The number of nitrogens with one attached hydrogen (secondary N) is 3. The second-order valence-electron chi connectivity index (χ2n) is 6.32. The summed E-state index contributed by atoms with van der Waals surface area (Å²) < 4.78 is 0. The van der Waals surface area contributed by atoms with E-state index < -0.39 is 0 Å². The lowest BCUT2D eigenvalue weighted by atomic mass is 10.1.